The van der Waals surface area contributed by atoms with Crippen LogP contribution in [-0.2, 0) is 0 Å². The molecule has 0 aliphatic carbocycles. The summed E-state index contributed by atoms with van der Waals surface area (Å²) in [5.74, 6) is 0.714. The van der Waals surface area contributed by atoms with E-state index in [4.69, 9.17) is 9.97 Å². The third-order valence-electron chi connectivity index (χ3n) is 11.2. The highest BCUT2D eigenvalue weighted by atomic mass is 15.2. The van der Waals surface area contributed by atoms with E-state index in [1.54, 1.807) is 0 Å². The molecule has 4 nitrogen and oxygen atoms in total. The summed E-state index contributed by atoms with van der Waals surface area (Å²) in [6, 6.07) is 77.4. The van der Waals surface area contributed by atoms with Crippen LogP contribution in [0.5, 0.6) is 0 Å². The van der Waals surface area contributed by atoms with Crippen molar-refractivity contribution in [1.29, 1.82) is 0 Å². The fourth-order valence-electron chi connectivity index (χ4n) is 8.47. The number of hydrogen-bond acceptors (Lipinski definition) is 3. The number of rotatable bonds is 6. The number of benzene rings is 8. The molecule has 11 rings (SSSR count). The Bertz CT molecular complexity index is 3020. The van der Waals surface area contributed by atoms with Gasteiger partial charge in [-0.3, -0.25) is 0 Å². The zero-order valence-electron chi connectivity index (χ0n) is 31.6. The van der Waals surface area contributed by atoms with Gasteiger partial charge in [0.25, 0.3) is 0 Å². The smallest absolute Gasteiger partial charge is 0.160 e. The molecule has 4 heteroatoms. The minimum Gasteiger partial charge on any atom is -0.309 e. The molecule has 10 aromatic rings. The maximum absolute atomic E-state index is 5.04. The van der Waals surface area contributed by atoms with E-state index in [1.165, 1.54) is 33.3 Å². The second kappa shape index (κ2) is 14.0. The van der Waals surface area contributed by atoms with E-state index in [1.807, 2.05) is 36.4 Å². The third kappa shape index (κ3) is 5.70. The van der Waals surface area contributed by atoms with Gasteiger partial charge < -0.3 is 9.47 Å². The van der Waals surface area contributed by atoms with Gasteiger partial charge in [0.1, 0.15) is 0 Å². The van der Waals surface area contributed by atoms with Crippen molar-refractivity contribution in [2.24, 2.45) is 0 Å². The van der Waals surface area contributed by atoms with Crippen molar-refractivity contribution in [3.8, 4) is 73.1 Å². The van der Waals surface area contributed by atoms with Gasteiger partial charge in [-0.05, 0) is 59.7 Å². The monoisotopic (exact) mass is 740 g/mol. The first-order valence-electron chi connectivity index (χ1n) is 19.7. The Balaban J connectivity index is 0.987. The Morgan fingerprint density at radius 1 is 0.345 bits per heavy atom. The minimum atomic E-state index is 0.714. The third-order valence-corrected chi connectivity index (χ3v) is 11.2. The van der Waals surface area contributed by atoms with Crippen LogP contribution >= 0.6 is 0 Å². The molecule has 0 amide bonds. The number of anilines is 3. The van der Waals surface area contributed by atoms with Crippen LogP contribution in [0.2, 0.25) is 0 Å². The molecule has 0 unspecified atom stereocenters. The van der Waals surface area contributed by atoms with Crippen LogP contribution in [0.15, 0.2) is 218 Å². The van der Waals surface area contributed by atoms with Crippen molar-refractivity contribution in [2.75, 3.05) is 4.90 Å². The van der Waals surface area contributed by atoms with Crippen LogP contribution in [-0.4, -0.2) is 14.5 Å². The van der Waals surface area contributed by atoms with Crippen LogP contribution in [0.25, 0.3) is 84.0 Å². The number of nitrogens with zero attached hydrogens (tertiary/aromatic N) is 4. The largest absolute Gasteiger partial charge is 0.309 e. The quantitative estimate of drug-likeness (QED) is 0.170. The molecule has 0 spiro atoms. The molecule has 0 atom stereocenters. The highest BCUT2D eigenvalue weighted by Gasteiger charge is 2.31. The predicted octanol–water partition coefficient (Wildman–Crippen LogP) is 14.2. The lowest BCUT2D eigenvalue weighted by molar-refractivity contribution is 1.13. The SMILES string of the molecule is c1ccc(-c2cc(-c3ccc(-c4ccc(N5c6ccccc6-c6c(n(-c7ccccc7)c7ccccc67)-c6ccccc65)cc4)cc3)nc(-c3ccccc3)n2)cc1. The fourth-order valence-corrected chi connectivity index (χ4v) is 8.47. The molecular formula is C54H36N4. The standard InChI is InChI=1S/C54H36N4/c1-4-16-39(17-5-1)47-36-48(56-54(55-47)41-18-6-2-7-19-41)40-30-28-37(29-31-40)38-32-34-43(35-33-38)57-49-25-13-10-22-44(49)52-45-23-11-14-26-50(45)58(42-20-8-3-9-21-42)53(52)46-24-12-15-27-51(46)57/h1-36H. The van der Waals surface area contributed by atoms with Gasteiger partial charge in [0.2, 0.25) is 0 Å². The zero-order chi connectivity index (χ0) is 38.4. The number of hydrogen-bond donors (Lipinski definition) is 0. The van der Waals surface area contributed by atoms with Crippen LogP contribution < -0.4 is 4.90 Å². The average Bonchev–Trinajstić information content (AvgIpc) is 3.59. The fraction of sp³-hybridized carbons (Fsp3) is 0. The molecule has 2 aromatic heterocycles. The first kappa shape index (κ1) is 33.5. The molecule has 8 aromatic carbocycles. The van der Waals surface area contributed by atoms with Gasteiger partial charge in [0.05, 0.1) is 34.0 Å². The highest BCUT2D eigenvalue weighted by molar-refractivity contribution is 6.13. The molecule has 0 radical (unpaired) electrons. The van der Waals surface area contributed by atoms with Gasteiger partial charge in [0.15, 0.2) is 5.82 Å². The van der Waals surface area contributed by atoms with Gasteiger partial charge in [-0.25, -0.2) is 9.97 Å². The number of para-hydroxylation sites is 4. The first-order valence-corrected chi connectivity index (χ1v) is 19.7. The molecule has 0 N–H and O–H groups in total. The maximum atomic E-state index is 5.04. The molecule has 0 saturated carbocycles. The molecule has 1 aliphatic rings. The predicted molar refractivity (Wildman–Crippen MR) is 240 cm³/mol. The molecule has 3 heterocycles. The Kier molecular flexibility index (Phi) is 8.11. The van der Waals surface area contributed by atoms with Gasteiger partial charge in [-0.2, -0.15) is 0 Å². The summed E-state index contributed by atoms with van der Waals surface area (Å²) in [6.07, 6.45) is 0. The normalized spacial score (nSPS) is 11.8. The molecule has 1 aliphatic heterocycles. The van der Waals surface area contributed by atoms with Crippen LogP contribution in [0, 0.1) is 0 Å². The lowest BCUT2D eigenvalue weighted by Gasteiger charge is -2.27. The van der Waals surface area contributed by atoms with E-state index in [-0.39, 0.29) is 0 Å². The van der Waals surface area contributed by atoms with E-state index in [0.29, 0.717) is 5.82 Å². The number of fused-ring (bicyclic) bond motifs is 7. The Labute approximate surface area is 337 Å². The Morgan fingerprint density at radius 3 is 1.50 bits per heavy atom. The zero-order valence-corrected chi connectivity index (χ0v) is 31.6. The first-order chi connectivity index (χ1) is 28.8. The molecule has 0 saturated heterocycles. The maximum Gasteiger partial charge on any atom is 0.160 e. The summed E-state index contributed by atoms with van der Waals surface area (Å²) >= 11 is 0. The Hall–Kier alpha value is -7.82. The molecular weight excluding hydrogens is 705 g/mol. The summed E-state index contributed by atoms with van der Waals surface area (Å²) in [6.45, 7) is 0. The summed E-state index contributed by atoms with van der Waals surface area (Å²) in [4.78, 5) is 12.4. The summed E-state index contributed by atoms with van der Waals surface area (Å²) in [5, 5.41) is 1.23. The second-order valence-corrected chi connectivity index (χ2v) is 14.6. The average molecular weight is 741 g/mol. The van der Waals surface area contributed by atoms with E-state index in [2.05, 4.69) is 191 Å². The minimum absolute atomic E-state index is 0.714. The molecule has 0 fully saturated rings. The highest BCUT2D eigenvalue weighted by Crippen LogP contribution is 2.54. The van der Waals surface area contributed by atoms with Crippen LogP contribution in [0.4, 0.5) is 17.1 Å². The van der Waals surface area contributed by atoms with E-state index < -0.39 is 0 Å². The lowest BCUT2D eigenvalue weighted by Crippen LogP contribution is -2.11. The van der Waals surface area contributed by atoms with Crippen molar-refractivity contribution in [3.63, 3.8) is 0 Å². The van der Waals surface area contributed by atoms with Crippen molar-refractivity contribution in [3.05, 3.63) is 218 Å². The molecule has 0 bridgehead atoms. The Morgan fingerprint density at radius 2 is 0.828 bits per heavy atom. The van der Waals surface area contributed by atoms with Gasteiger partial charge >= 0.3 is 0 Å². The van der Waals surface area contributed by atoms with E-state index in [0.717, 1.165) is 62.0 Å². The number of aromatic nitrogens is 3. The van der Waals surface area contributed by atoms with Crippen molar-refractivity contribution < 1.29 is 0 Å². The second-order valence-electron chi connectivity index (χ2n) is 14.6. The van der Waals surface area contributed by atoms with Crippen LogP contribution in [0.1, 0.15) is 0 Å². The van der Waals surface area contributed by atoms with Gasteiger partial charge in [-0.15, -0.1) is 0 Å². The lowest BCUT2D eigenvalue weighted by atomic mass is 9.98. The van der Waals surface area contributed by atoms with Gasteiger partial charge in [-0.1, -0.05) is 170 Å². The van der Waals surface area contributed by atoms with Crippen LogP contribution in [0.3, 0.4) is 0 Å². The van der Waals surface area contributed by atoms with E-state index >= 15 is 0 Å². The van der Waals surface area contributed by atoms with E-state index in [9.17, 15) is 0 Å². The molecule has 58 heavy (non-hydrogen) atoms. The van der Waals surface area contributed by atoms with Gasteiger partial charge in [0, 0.05) is 50.1 Å². The summed E-state index contributed by atoms with van der Waals surface area (Å²) in [7, 11) is 0. The van der Waals surface area contributed by atoms with Crippen molar-refractivity contribution >= 4 is 28.0 Å². The van der Waals surface area contributed by atoms with Crippen molar-refractivity contribution in [2.45, 2.75) is 0 Å². The summed E-state index contributed by atoms with van der Waals surface area (Å²) < 4.78 is 2.43. The van der Waals surface area contributed by atoms with Crippen molar-refractivity contribution in [1.82, 2.24) is 14.5 Å². The summed E-state index contributed by atoms with van der Waals surface area (Å²) in [5.41, 5.74) is 17.7. The molecule has 272 valence electrons. The topological polar surface area (TPSA) is 34.0 Å².